The first-order chi connectivity index (χ1) is 16.0. The van der Waals surface area contributed by atoms with Gasteiger partial charge in [-0.2, -0.15) is 0 Å². The lowest BCUT2D eigenvalue weighted by atomic mass is 10.2. The molecule has 1 aliphatic rings. The number of likely N-dealkylation sites (tertiary alicyclic amines) is 1. The summed E-state index contributed by atoms with van der Waals surface area (Å²) in [6.45, 7) is 4.73. The van der Waals surface area contributed by atoms with Crippen LogP contribution in [0.5, 0.6) is 0 Å². The van der Waals surface area contributed by atoms with Crippen molar-refractivity contribution < 1.29 is 13.2 Å². The molecule has 1 amide bonds. The van der Waals surface area contributed by atoms with Crippen molar-refractivity contribution in [1.82, 2.24) is 10.2 Å². The molecule has 0 saturated carbocycles. The number of carbonyl (C=O) groups is 1. The molecule has 6 nitrogen and oxygen atoms in total. The number of hydrogen-bond donors (Lipinski definition) is 1. The van der Waals surface area contributed by atoms with Crippen molar-refractivity contribution in [3.05, 3.63) is 82.6 Å². The lowest BCUT2D eigenvalue weighted by Gasteiger charge is -2.27. The highest BCUT2D eigenvalue weighted by molar-refractivity contribution is 7.92. The molecule has 0 aliphatic carbocycles. The van der Waals surface area contributed by atoms with E-state index in [1.807, 2.05) is 24.3 Å². The molecular formula is C25H29N3O3S2. The number of nitrogens with one attached hydrogen (secondary N) is 1. The summed E-state index contributed by atoms with van der Waals surface area (Å²) >= 11 is 1.71. The summed E-state index contributed by atoms with van der Waals surface area (Å²) < 4.78 is 27.7. The van der Waals surface area contributed by atoms with Gasteiger partial charge in [-0.15, -0.1) is 11.3 Å². The van der Waals surface area contributed by atoms with E-state index < -0.39 is 10.0 Å². The maximum atomic E-state index is 13.2. The largest absolute Gasteiger partial charge is 0.350 e. The summed E-state index contributed by atoms with van der Waals surface area (Å²) in [5, 5.41) is 5.11. The van der Waals surface area contributed by atoms with Crippen LogP contribution >= 0.6 is 11.3 Å². The van der Waals surface area contributed by atoms with Gasteiger partial charge >= 0.3 is 0 Å². The zero-order chi connectivity index (χ0) is 23.3. The predicted molar refractivity (Wildman–Crippen MR) is 133 cm³/mol. The van der Waals surface area contributed by atoms with Crippen molar-refractivity contribution in [2.45, 2.75) is 30.7 Å². The molecule has 0 radical (unpaired) electrons. The first-order valence-corrected chi connectivity index (χ1v) is 13.6. The minimum atomic E-state index is -3.72. The van der Waals surface area contributed by atoms with Crippen LogP contribution < -0.4 is 9.62 Å². The molecule has 1 aliphatic heterocycles. The van der Waals surface area contributed by atoms with Crippen LogP contribution in [0.1, 0.15) is 41.0 Å². The van der Waals surface area contributed by atoms with Crippen molar-refractivity contribution in [2.75, 3.05) is 30.5 Å². The molecule has 1 aromatic heterocycles. The molecule has 1 saturated heterocycles. The van der Waals surface area contributed by atoms with Gasteiger partial charge < -0.3 is 5.32 Å². The Hall–Kier alpha value is -2.68. The molecule has 33 heavy (non-hydrogen) atoms. The number of rotatable bonds is 9. The standard InChI is InChI=1S/C25H29N3O3S2/c1-2-28(21-9-4-3-5-10-21)33(30,31)22-14-12-20(13-15-22)25(29)26-19-23(24-11-8-18-32-24)27-16-6-7-17-27/h3-5,8-15,18,23H,2,6-7,16-17,19H2,1H3,(H,26,29). The lowest BCUT2D eigenvalue weighted by Crippen LogP contribution is -2.36. The number of para-hydroxylation sites is 1. The van der Waals surface area contributed by atoms with Gasteiger partial charge in [0.05, 0.1) is 16.6 Å². The van der Waals surface area contributed by atoms with Gasteiger partial charge in [0, 0.05) is 23.5 Å². The smallest absolute Gasteiger partial charge is 0.264 e. The minimum absolute atomic E-state index is 0.165. The van der Waals surface area contributed by atoms with Gasteiger partial charge in [0.1, 0.15) is 0 Å². The zero-order valence-corrected chi connectivity index (χ0v) is 20.3. The molecule has 0 spiro atoms. The Labute approximate surface area is 199 Å². The summed E-state index contributed by atoms with van der Waals surface area (Å²) in [6.07, 6.45) is 2.37. The van der Waals surface area contributed by atoms with Gasteiger partial charge in [-0.3, -0.25) is 14.0 Å². The quantitative estimate of drug-likeness (QED) is 0.486. The average Bonchev–Trinajstić information content (AvgIpc) is 3.55. The van der Waals surface area contributed by atoms with E-state index in [1.54, 1.807) is 42.5 Å². The number of carbonyl (C=O) groups excluding carboxylic acids is 1. The van der Waals surface area contributed by atoms with E-state index in [0.29, 0.717) is 24.3 Å². The highest BCUT2D eigenvalue weighted by Crippen LogP contribution is 2.28. The molecule has 1 unspecified atom stereocenters. The first kappa shape index (κ1) is 23.5. The van der Waals surface area contributed by atoms with E-state index in [2.05, 4.69) is 21.7 Å². The molecule has 2 heterocycles. The van der Waals surface area contributed by atoms with Gasteiger partial charge in [-0.05, 0) is 80.7 Å². The average molecular weight is 484 g/mol. The van der Waals surface area contributed by atoms with E-state index in [4.69, 9.17) is 0 Å². The monoisotopic (exact) mass is 483 g/mol. The van der Waals surface area contributed by atoms with Crippen LogP contribution in [-0.2, 0) is 10.0 Å². The normalized spacial score (nSPS) is 15.3. The molecule has 2 aromatic carbocycles. The van der Waals surface area contributed by atoms with Gasteiger partial charge in [-0.25, -0.2) is 8.42 Å². The fourth-order valence-corrected chi connectivity index (χ4v) is 6.56. The topological polar surface area (TPSA) is 69.7 Å². The highest BCUT2D eigenvalue weighted by Gasteiger charge is 2.26. The zero-order valence-electron chi connectivity index (χ0n) is 18.7. The Bertz CT molecular complexity index is 1140. The fraction of sp³-hybridized carbons (Fsp3) is 0.320. The molecule has 174 valence electrons. The van der Waals surface area contributed by atoms with Crippen LogP contribution in [-0.4, -0.2) is 45.4 Å². The van der Waals surface area contributed by atoms with Gasteiger partial charge in [0.2, 0.25) is 0 Å². The number of anilines is 1. The SMILES string of the molecule is CCN(c1ccccc1)S(=O)(=O)c1ccc(C(=O)NCC(c2cccs2)N2CCCC2)cc1. The van der Waals surface area contributed by atoms with E-state index in [-0.39, 0.29) is 16.8 Å². The molecule has 1 atom stereocenters. The van der Waals surface area contributed by atoms with Gasteiger partial charge in [0.25, 0.3) is 15.9 Å². The molecule has 4 rings (SSSR count). The summed E-state index contributed by atoms with van der Waals surface area (Å²) in [5.74, 6) is -0.199. The number of amides is 1. The maximum Gasteiger partial charge on any atom is 0.264 e. The highest BCUT2D eigenvalue weighted by atomic mass is 32.2. The minimum Gasteiger partial charge on any atom is -0.350 e. The number of hydrogen-bond acceptors (Lipinski definition) is 5. The Morgan fingerprint density at radius 1 is 1.03 bits per heavy atom. The van der Waals surface area contributed by atoms with Crippen LogP contribution in [0.25, 0.3) is 0 Å². The van der Waals surface area contributed by atoms with Crippen LogP contribution in [0.4, 0.5) is 5.69 Å². The van der Waals surface area contributed by atoms with Crippen molar-refractivity contribution in [1.29, 1.82) is 0 Å². The fourth-order valence-electron chi connectivity index (χ4n) is 4.23. The van der Waals surface area contributed by atoms with E-state index >= 15 is 0 Å². The Balaban J connectivity index is 1.45. The van der Waals surface area contributed by atoms with Crippen LogP contribution in [0.3, 0.4) is 0 Å². The Morgan fingerprint density at radius 3 is 2.33 bits per heavy atom. The Morgan fingerprint density at radius 2 is 1.73 bits per heavy atom. The van der Waals surface area contributed by atoms with Crippen molar-refractivity contribution in [3.8, 4) is 0 Å². The summed E-state index contributed by atoms with van der Waals surface area (Å²) in [4.78, 5) is 16.7. The number of nitrogens with zero attached hydrogens (tertiary/aromatic N) is 2. The first-order valence-electron chi connectivity index (χ1n) is 11.2. The molecular weight excluding hydrogens is 454 g/mol. The third-order valence-electron chi connectivity index (χ3n) is 5.94. The maximum absolute atomic E-state index is 13.2. The predicted octanol–water partition coefficient (Wildman–Crippen LogP) is 4.53. The molecule has 1 fully saturated rings. The number of thiophene rings is 1. The second kappa shape index (κ2) is 10.5. The van der Waals surface area contributed by atoms with Crippen molar-refractivity contribution in [3.63, 3.8) is 0 Å². The lowest BCUT2D eigenvalue weighted by molar-refractivity contribution is 0.0938. The number of sulfonamides is 1. The summed E-state index contributed by atoms with van der Waals surface area (Å²) in [7, 11) is -3.72. The van der Waals surface area contributed by atoms with E-state index in [1.165, 1.54) is 34.2 Å². The molecule has 0 bridgehead atoms. The Kier molecular flexibility index (Phi) is 7.47. The van der Waals surface area contributed by atoms with Gasteiger partial charge in [0.15, 0.2) is 0 Å². The van der Waals surface area contributed by atoms with E-state index in [0.717, 1.165) is 13.1 Å². The van der Waals surface area contributed by atoms with Crippen molar-refractivity contribution >= 4 is 33.0 Å². The second-order valence-corrected chi connectivity index (χ2v) is 10.9. The summed E-state index contributed by atoms with van der Waals surface area (Å²) in [5.41, 5.74) is 1.06. The van der Waals surface area contributed by atoms with Crippen LogP contribution in [0.2, 0.25) is 0 Å². The third kappa shape index (κ3) is 5.29. The van der Waals surface area contributed by atoms with Crippen LogP contribution in [0.15, 0.2) is 77.0 Å². The molecule has 3 aromatic rings. The number of benzene rings is 2. The van der Waals surface area contributed by atoms with Gasteiger partial charge in [-0.1, -0.05) is 24.3 Å². The van der Waals surface area contributed by atoms with Crippen LogP contribution in [0, 0.1) is 0 Å². The van der Waals surface area contributed by atoms with E-state index in [9.17, 15) is 13.2 Å². The molecule has 1 N–H and O–H groups in total. The molecule has 8 heteroatoms. The summed E-state index contributed by atoms with van der Waals surface area (Å²) in [6, 6.07) is 19.5. The third-order valence-corrected chi connectivity index (χ3v) is 8.84. The second-order valence-electron chi connectivity index (χ2n) is 8.01. The van der Waals surface area contributed by atoms with Crippen molar-refractivity contribution in [2.24, 2.45) is 0 Å².